The highest BCUT2D eigenvalue weighted by Gasteiger charge is 2.08. The van der Waals surface area contributed by atoms with E-state index in [1.54, 1.807) is 0 Å². The summed E-state index contributed by atoms with van der Waals surface area (Å²) in [6.07, 6.45) is 0.968. The van der Waals surface area contributed by atoms with Crippen LogP contribution in [0, 0.1) is 5.82 Å². The molecule has 4 heteroatoms. The molecule has 2 aromatic rings. The van der Waals surface area contributed by atoms with Gasteiger partial charge in [0.1, 0.15) is 11.6 Å². The summed E-state index contributed by atoms with van der Waals surface area (Å²) < 4.78 is 19.3. The summed E-state index contributed by atoms with van der Waals surface area (Å²) in [5, 5.41) is 0. The number of hydrogen-bond acceptors (Lipinski definition) is 2. The van der Waals surface area contributed by atoms with Gasteiger partial charge in [0.05, 0.1) is 10.2 Å². The van der Waals surface area contributed by atoms with E-state index in [1.807, 2.05) is 24.3 Å². The second kappa shape index (κ2) is 5.40. The van der Waals surface area contributed by atoms with Gasteiger partial charge < -0.3 is 10.5 Å². The number of ether oxygens (including phenoxy) is 1. The molecule has 0 aromatic heterocycles. The Bertz CT molecular complexity index is 554. The first-order valence-corrected chi connectivity index (χ1v) is 6.40. The van der Waals surface area contributed by atoms with Gasteiger partial charge in [-0.1, -0.05) is 19.1 Å². The molecule has 0 atom stereocenters. The van der Waals surface area contributed by atoms with Crippen LogP contribution in [0.15, 0.2) is 40.9 Å². The predicted molar refractivity (Wildman–Crippen MR) is 74.4 cm³/mol. The fourth-order valence-electron chi connectivity index (χ4n) is 1.55. The Morgan fingerprint density at radius 3 is 2.50 bits per heavy atom. The van der Waals surface area contributed by atoms with Gasteiger partial charge in [0, 0.05) is 6.07 Å². The summed E-state index contributed by atoms with van der Waals surface area (Å²) in [5.74, 6) is 0.560. The van der Waals surface area contributed by atoms with Crippen LogP contribution in [0.5, 0.6) is 11.5 Å². The van der Waals surface area contributed by atoms with E-state index in [9.17, 15) is 4.39 Å². The maximum atomic E-state index is 13.4. The van der Waals surface area contributed by atoms with Crippen LogP contribution in [-0.2, 0) is 6.42 Å². The highest BCUT2D eigenvalue weighted by molar-refractivity contribution is 9.10. The van der Waals surface area contributed by atoms with Gasteiger partial charge in [-0.3, -0.25) is 0 Å². The normalized spacial score (nSPS) is 10.4. The second-order valence-electron chi connectivity index (χ2n) is 3.90. The van der Waals surface area contributed by atoms with Gasteiger partial charge in [0.15, 0.2) is 5.75 Å². The van der Waals surface area contributed by atoms with E-state index in [1.165, 1.54) is 17.7 Å². The lowest BCUT2D eigenvalue weighted by atomic mass is 10.2. The molecule has 0 unspecified atom stereocenters. The topological polar surface area (TPSA) is 35.2 Å². The minimum Gasteiger partial charge on any atom is -0.455 e. The van der Waals surface area contributed by atoms with Gasteiger partial charge in [-0.05, 0) is 46.1 Å². The molecule has 2 aromatic carbocycles. The Hall–Kier alpha value is -1.55. The first kappa shape index (κ1) is 12.9. The SMILES string of the molecule is CCc1ccc(Oc2cc(F)c(Br)cc2N)cc1. The van der Waals surface area contributed by atoms with E-state index in [4.69, 9.17) is 10.5 Å². The standard InChI is InChI=1S/C14H13BrFNO/c1-2-9-3-5-10(6-4-9)18-14-8-12(16)11(15)7-13(14)17/h3-8H,2,17H2,1H3. The summed E-state index contributed by atoms with van der Waals surface area (Å²) in [7, 11) is 0. The van der Waals surface area contributed by atoms with E-state index in [2.05, 4.69) is 22.9 Å². The first-order valence-electron chi connectivity index (χ1n) is 5.61. The first-order chi connectivity index (χ1) is 8.60. The van der Waals surface area contributed by atoms with Crippen molar-refractivity contribution in [3.05, 3.63) is 52.3 Å². The Balaban J connectivity index is 2.25. The Labute approximate surface area is 114 Å². The molecular weight excluding hydrogens is 297 g/mol. The number of nitrogens with two attached hydrogens (primary N) is 1. The van der Waals surface area contributed by atoms with Crippen LogP contribution in [0.4, 0.5) is 10.1 Å². The summed E-state index contributed by atoms with van der Waals surface area (Å²) in [4.78, 5) is 0. The molecule has 0 spiro atoms. The molecule has 0 radical (unpaired) electrons. The van der Waals surface area contributed by atoms with Crippen molar-refractivity contribution in [1.82, 2.24) is 0 Å². The molecular formula is C14H13BrFNO. The second-order valence-corrected chi connectivity index (χ2v) is 4.76. The van der Waals surface area contributed by atoms with Gasteiger partial charge in [0.25, 0.3) is 0 Å². The molecule has 0 saturated heterocycles. The molecule has 2 nitrogen and oxygen atoms in total. The summed E-state index contributed by atoms with van der Waals surface area (Å²) in [6, 6.07) is 10.4. The van der Waals surface area contributed by atoms with Crippen molar-refractivity contribution in [2.45, 2.75) is 13.3 Å². The van der Waals surface area contributed by atoms with Gasteiger partial charge >= 0.3 is 0 Å². The minimum absolute atomic E-state index is 0.319. The number of hydrogen-bond donors (Lipinski definition) is 1. The molecule has 0 aliphatic rings. The van der Waals surface area contributed by atoms with Crippen LogP contribution >= 0.6 is 15.9 Å². The predicted octanol–water partition coefficient (Wildman–Crippen LogP) is 4.53. The number of nitrogen functional groups attached to an aromatic ring is 1. The third-order valence-electron chi connectivity index (χ3n) is 2.61. The Kier molecular flexibility index (Phi) is 3.87. The third kappa shape index (κ3) is 2.82. The fourth-order valence-corrected chi connectivity index (χ4v) is 1.91. The van der Waals surface area contributed by atoms with Crippen molar-refractivity contribution in [2.24, 2.45) is 0 Å². The summed E-state index contributed by atoms with van der Waals surface area (Å²) in [5.41, 5.74) is 7.38. The Morgan fingerprint density at radius 2 is 1.89 bits per heavy atom. The van der Waals surface area contributed by atoms with Crippen molar-refractivity contribution in [2.75, 3.05) is 5.73 Å². The van der Waals surface area contributed by atoms with Crippen molar-refractivity contribution >= 4 is 21.6 Å². The van der Waals surface area contributed by atoms with Crippen molar-refractivity contribution in [3.63, 3.8) is 0 Å². The lowest BCUT2D eigenvalue weighted by Crippen LogP contribution is -1.94. The van der Waals surface area contributed by atoms with E-state index >= 15 is 0 Å². The monoisotopic (exact) mass is 309 g/mol. The number of aryl methyl sites for hydroxylation is 1. The van der Waals surface area contributed by atoms with Crippen molar-refractivity contribution in [3.8, 4) is 11.5 Å². The van der Waals surface area contributed by atoms with Gasteiger partial charge in [0.2, 0.25) is 0 Å². The van der Waals surface area contributed by atoms with Gasteiger partial charge in [-0.15, -0.1) is 0 Å². The van der Waals surface area contributed by atoms with Crippen LogP contribution in [-0.4, -0.2) is 0 Å². The zero-order chi connectivity index (χ0) is 13.1. The quantitative estimate of drug-likeness (QED) is 0.846. The average Bonchev–Trinajstić information content (AvgIpc) is 2.37. The van der Waals surface area contributed by atoms with Crippen molar-refractivity contribution < 1.29 is 9.13 Å². The highest BCUT2D eigenvalue weighted by Crippen LogP contribution is 2.32. The molecule has 0 saturated carbocycles. The van der Waals surface area contributed by atoms with E-state index < -0.39 is 5.82 Å². The molecule has 18 heavy (non-hydrogen) atoms. The molecule has 0 amide bonds. The average molecular weight is 310 g/mol. The molecule has 0 aliphatic carbocycles. The smallest absolute Gasteiger partial charge is 0.153 e. The van der Waals surface area contributed by atoms with Crippen LogP contribution in [0.25, 0.3) is 0 Å². The minimum atomic E-state index is -0.399. The van der Waals surface area contributed by atoms with E-state index in [-0.39, 0.29) is 0 Å². The summed E-state index contributed by atoms with van der Waals surface area (Å²) in [6.45, 7) is 2.08. The number of rotatable bonds is 3. The van der Waals surface area contributed by atoms with E-state index in [0.29, 0.717) is 21.7 Å². The third-order valence-corrected chi connectivity index (χ3v) is 3.22. The number of benzene rings is 2. The van der Waals surface area contributed by atoms with Crippen LogP contribution < -0.4 is 10.5 Å². The zero-order valence-electron chi connectivity index (χ0n) is 9.91. The van der Waals surface area contributed by atoms with Crippen molar-refractivity contribution in [1.29, 1.82) is 0 Å². The van der Waals surface area contributed by atoms with Gasteiger partial charge in [-0.25, -0.2) is 4.39 Å². The number of anilines is 1. The molecule has 0 heterocycles. The molecule has 94 valence electrons. The maximum absolute atomic E-state index is 13.4. The molecule has 2 N–H and O–H groups in total. The van der Waals surface area contributed by atoms with Crippen LogP contribution in [0.3, 0.4) is 0 Å². The summed E-state index contributed by atoms with van der Waals surface area (Å²) >= 11 is 3.07. The maximum Gasteiger partial charge on any atom is 0.153 e. The number of halogens is 2. The molecule has 0 aliphatic heterocycles. The van der Waals surface area contributed by atoms with E-state index in [0.717, 1.165) is 6.42 Å². The van der Waals surface area contributed by atoms with Gasteiger partial charge in [-0.2, -0.15) is 0 Å². The Morgan fingerprint density at radius 1 is 1.22 bits per heavy atom. The van der Waals surface area contributed by atoms with Crippen LogP contribution in [0.1, 0.15) is 12.5 Å². The molecule has 0 bridgehead atoms. The molecule has 0 fully saturated rings. The largest absolute Gasteiger partial charge is 0.455 e. The fraction of sp³-hybridized carbons (Fsp3) is 0.143. The van der Waals surface area contributed by atoms with Crippen LogP contribution in [0.2, 0.25) is 0 Å². The molecule has 2 rings (SSSR count). The highest BCUT2D eigenvalue weighted by atomic mass is 79.9. The lowest BCUT2D eigenvalue weighted by molar-refractivity contribution is 0.478. The zero-order valence-corrected chi connectivity index (χ0v) is 11.5. The lowest BCUT2D eigenvalue weighted by Gasteiger charge is -2.09.